The molecule has 1 aromatic heterocycles. The van der Waals surface area contributed by atoms with E-state index >= 15 is 0 Å². The molecule has 1 saturated carbocycles. The van der Waals surface area contributed by atoms with Crippen molar-refractivity contribution in [1.29, 1.82) is 0 Å². The molecule has 0 radical (unpaired) electrons. The molecule has 0 aromatic carbocycles. The Kier molecular flexibility index (Phi) is 6.76. The fourth-order valence-electron chi connectivity index (χ4n) is 4.16. The lowest BCUT2D eigenvalue weighted by Crippen LogP contribution is -2.50. The van der Waals surface area contributed by atoms with Crippen LogP contribution in [0.3, 0.4) is 0 Å². The van der Waals surface area contributed by atoms with Crippen LogP contribution in [0, 0.1) is 35.5 Å². The third kappa shape index (κ3) is 4.98. The van der Waals surface area contributed by atoms with Gasteiger partial charge in [0.05, 0.1) is 9.75 Å². The average molecular weight is 508 g/mol. The molecule has 2 fully saturated rings. The maximum Gasteiger partial charge on any atom is 0.264 e. The van der Waals surface area contributed by atoms with Gasteiger partial charge in [-0.2, -0.15) is 0 Å². The SMILES string of the molecule is CC(CCN1Cc2cc(C#CC#C[C@H]3C[C@@H]3CN3CC(F)C3)sc2C1=O)(C(=O)NO)S(C)(=O)=O. The van der Waals surface area contributed by atoms with Gasteiger partial charge in [-0.3, -0.25) is 19.7 Å². The van der Waals surface area contributed by atoms with E-state index in [0.29, 0.717) is 36.3 Å². The van der Waals surface area contributed by atoms with Crippen molar-refractivity contribution < 1.29 is 27.6 Å². The second-order valence-corrected chi connectivity index (χ2v) is 12.8. The van der Waals surface area contributed by atoms with E-state index in [4.69, 9.17) is 5.21 Å². The molecule has 8 nitrogen and oxygen atoms in total. The number of alkyl halides is 1. The van der Waals surface area contributed by atoms with Crippen LogP contribution in [0.15, 0.2) is 6.07 Å². The van der Waals surface area contributed by atoms with Crippen LogP contribution in [0.25, 0.3) is 0 Å². The zero-order valence-electron chi connectivity index (χ0n) is 18.9. The third-order valence-electron chi connectivity index (χ3n) is 6.74. The monoisotopic (exact) mass is 507 g/mol. The van der Waals surface area contributed by atoms with Gasteiger partial charge < -0.3 is 4.90 Å². The van der Waals surface area contributed by atoms with Gasteiger partial charge in [0.1, 0.15) is 6.17 Å². The zero-order chi connectivity index (χ0) is 24.7. The Morgan fingerprint density at radius 2 is 2.12 bits per heavy atom. The van der Waals surface area contributed by atoms with Crippen molar-refractivity contribution in [2.45, 2.75) is 37.2 Å². The second-order valence-electron chi connectivity index (χ2n) is 9.32. The van der Waals surface area contributed by atoms with Crippen molar-refractivity contribution in [2.24, 2.45) is 11.8 Å². The Morgan fingerprint density at radius 3 is 2.74 bits per heavy atom. The lowest BCUT2D eigenvalue weighted by Gasteiger charge is -2.34. The Morgan fingerprint density at radius 1 is 1.38 bits per heavy atom. The predicted molar refractivity (Wildman–Crippen MR) is 124 cm³/mol. The molecule has 0 spiro atoms. The van der Waals surface area contributed by atoms with Crippen LogP contribution >= 0.6 is 11.3 Å². The molecule has 4 rings (SSSR count). The number of hydrogen-bond donors (Lipinski definition) is 2. The molecule has 1 aliphatic carbocycles. The average Bonchev–Trinajstić information content (AvgIpc) is 3.26. The first-order chi connectivity index (χ1) is 16.0. The first-order valence-corrected chi connectivity index (χ1v) is 13.7. The highest BCUT2D eigenvalue weighted by atomic mass is 32.2. The minimum absolute atomic E-state index is 0.0513. The topological polar surface area (TPSA) is 107 Å². The number of rotatable bonds is 7. The minimum atomic E-state index is -3.83. The number of nitrogens with zero attached hydrogens (tertiary/aromatic N) is 2. The first kappa shape index (κ1) is 24.7. The van der Waals surface area contributed by atoms with E-state index in [1.807, 2.05) is 6.07 Å². The summed E-state index contributed by atoms with van der Waals surface area (Å²) in [5.41, 5.74) is 2.22. The molecule has 2 N–H and O–H groups in total. The number of hydroxylamine groups is 1. The smallest absolute Gasteiger partial charge is 0.264 e. The summed E-state index contributed by atoms with van der Waals surface area (Å²) in [7, 11) is -3.83. The number of carbonyl (C=O) groups excluding carboxylic acids is 2. The van der Waals surface area contributed by atoms with E-state index in [1.165, 1.54) is 28.6 Å². The maximum absolute atomic E-state index is 12.9. The molecule has 3 atom stereocenters. The predicted octanol–water partition coefficient (Wildman–Crippen LogP) is 1.05. The van der Waals surface area contributed by atoms with Crippen LogP contribution in [-0.4, -0.2) is 78.6 Å². The molecule has 1 unspecified atom stereocenters. The number of nitrogens with one attached hydrogen (secondary N) is 1. The number of halogens is 1. The van der Waals surface area contributed by atoms with Gasteiger partial charge in [0.15, 0.2) is 14.6 Å². The number of amides is 2. The summed E-state index contributed by atoms with van der Waals surface area (Å²) in [6.45, 7) is 3.55. The van der Waals surface area contributed by atoms with Crippen LogP contribution in [-0.2, 0) is 21.2 Å². The summed E-state index contributed by atoms with van der Waals surface area (Å²) in [5, 5.41) is 8.93. The summed E-state index contributed by atoms with van der Waals surface area (Å²) >= 11 is 1.27. The van der Waals surface area contributed by atoms with Crippen molar-refractivity contribution in [2.75, 3.05) is 32.4 Å². The number of carbonyl (C=O) groups is 2. The Hall–Kier alpha value is -2.44. The lowest BCUT2D eigenvalue weighted by molar-refractivity contribution is -0.131. The number of sulfone groups is 1. The highest BCUT2D eigenvalue weighted by Gasteiger charge is 2.44. The van der Waals surface area contributed by atoms with E-state index in [-0.39, 0.29) is 18.9 Å². The molecule has 1 saturated heterocycles. The summed E-state index contributed by atoms with van der Waals surface area (Å²) in [4.78, 5) is 29.6. The van der Waals surface area contributed by atoms with Crippen LogP contribution in [0.4, 0.5) is 4.39 Å². The Bertz CT molecular complexity index is 1230. The fraction of sp³-hybridized carbons (Fsp3) is 0.565. The standard InChI is InChI=1S/C23H26FN3O5S2/c1-23(22(29)25-30,34(2,31)32)7-8-27-12-17-10-19(33-20(17)21(27)28)6-4-3-5-15-9-16(15)11-26-13-18(24)14-26/h10,15-16,18,30H,7-9,11-14H2,1-2H3,(H,25,29)/t15-,16+,23?/m0/s1. The number of fused-ring (bicyclic) bond motifs is 1. The van der Waals surface area contributed by atoms with Crippen molar-refractivity contribution in [3.8, 4) is 23.7 Å². The van der Waals surface area contributed by atoms with Gasteiger partial charge >= 0.3 is 0 Å². The van der Waals surface area contributed by atoms with Crippen LogP contribution < -0.4 is 5.48 Å². The summed E-state index contributed by atoms with van der Waals surface area (Å²) < 4.78 is 35.2. The fourth-order valence-corrected chi connectivity index (χ4v) is 6.00. The molecule has 34 heavy (non-hydrogen) atoms. The summed E-state index contributed by atoms with van der Waals surface area (Å²) in [6.07, 6.45) is 1.13. The number of likely N-dealkylation sites (tertiary alicyclic amines) is 1. The van der Waals surface area contributed by atoms with E-state index in [2.05, 4.69) is 28.6 Å². The zero-order valence-corrected chi connectivity index (χ0v) is 20.6. The maximum atomic E-state index is 12.9. The normalized spacial score (nSPS) is 23.6. The van der Waals surface area contributed by atoms with Gasteiger partial charge in [-0.1, -0.05) is 5.92 Å². The van der Waals surface area contributed by atoms with Crippen LogP contribution in [0.5, 0.6) is 0 Å². The van der Waals surface area contributed by atoms with E-state index in [1.54, 1.807) is 0 Å². The number of thiophene rings is 1. The minimum Gasteiger partial charge on any atom is -0.333 e. The quantitative estimate of drug-likeness (QED) is 0.325. The third-order valence-corrected chi connectivity index (χ3v) is 9.85. The molecule has 2 aliphatic heterocycles. The van der Waals surface area contributed by atoms with E-state index in [9.17, 15) is 22.4 Å². The lowest BCUT2D eigenvalue weighted by atomic mass is 10.1. The van der Waals surface area contributed by atoms with Gasteiger partial charge in [-0.05, 0) is 55.1 Å². The van der Waals surface area contributed by atoms with Crippen molar-refractivity contribution in [3.05, 3.63) is 21.4 Å². The highest BCUT2D eigenvalue weighted by Crippen LogP contribution is 2.39. The van der Waals surface area contributed by atoms with Crippen LogP contribution in [0.2, 0.25) is 0 Å². The van der Waals surface area contributed by atoms with Crippen molar-refractivity contribution >= 4 is 33.0 Å². The van der Waals surface area contributed by atoms with Crippen molar-refractivity contribution in [1.82, 2.24) is 15.3 Å². The van der Waals surface area contributed by atoms with Crippen molar-refractivity contribution in [3.63, 3.8) is 0 Å². The first-order valence-electron chi connectivity index (χ1n) is 11.0. The van der Waals surface area contributed by atoms with E-state index < -0.39 is 26.7 Å². The van der Waals surface area contributed by atoms with Gasteiger partial charge in [-0.25, -0.2) is 18.3 Å². The molecule has 182 valence electrons. The summed E-state index contributed by atoms with van der Waals surface area (Å²) in [6, 6.07) is 1.83. The molecule has 1 aromatic rings. The largest absolute Gasteiger partial charge is 0.333 e. The van der Waals surface area contributed by atoms with Gasteiger partial charge in [0.25, 0.3) is 11.8 Å². The summed E-state index contributed by atoms with van der Waals surface area (Å²) in [5.74, 6) is 11.4. The second kappa shape index (κ2) is 9.31. The molecule has 3 aliphatic rings. The molecule has 0 bridgehead atoms. The molecular weight excluding hydrogens is 481 g/mol. The number of hydrogen-bond acceptors (Lipinski definition) is 7. The van der Waals surface area contributed by atoms with Crippen LogP contribution in [0.1, 0.15) is 39.9 Å². The van der Waals surface area contributed by atoms with Gasteiger partial charge in [-0.15, -0.1) is 11.3 Å². The van der Waals surface area contributed by atoms with E-state index in [0.717, 1.165) is 29.7 Å². The van der Waals surface area contributed by atoms with Gasteiger partial charge in [0, 0.05) is 44.9 Å². The molecule has 2 amide bonds. The molecule has 3 heterocycles. The Balaban J connectivity index is 1.30. The molecular formula is C23H26FN3O5S2. The molecule has 11 heteroatoms. The Labute approximate surface area is 202 Å². The highest BCUT2D eigenvalue weighted by molar-refractivity contribution is 7.92. The van der Waals surface area contributed by atoms with Gasteiger partial charge in [0.2, 0.25) is 0 Å².